The van der Waals surface area contributed by atoms with Gasteiger partial charge in [0.2, 0.25) is 0 Å². The van der Waals surface area contributed by atoms with Gasteiger partial charge in [0.25, 0.3) is 0 Å². The molecule has 0 aliphatic heterocycles. The Labute approximate surface area is 99.0 Å². The molecule has 1 N–H and O–H groups in total. The van der Waals surface area contributed by atoms with Gasteiger partial charge in [-0.15, -0.1) is 0 Å². The average molecular weight is 223 g/mol. The van der Waals surface area contributed by atoms with E-state index < -0.39 is 0 Å². The van der Waals surface area contributed by atoms with Crippen LogP contribution in [-0.2, 0) is 0 Å². The lowest BCUT2D eigenvalue weighted by molar-refractivity contribution is 0.457. The van der Waals surface area contributed by atoms with Gasteiger partial charge in [-0.2, -0.15) is 0 Å². The van der Waals surface area contributed by atoms with Crippen LogP contribution in [0.25, 0.3) is 21.7 Å². The minimum Gasteiger partial charge on any atom is -0.538 e. The number of hydrogen-bond acceptors (Lipinski definition) is 3. The number of aromatic nitrogens is 1. The molecule has 0 unspecified atom stereocenters. The summed E-state index contributed by atoms with van der Waals surface area (Å²) in [6, 6.07) is 13.7. The topological polar surface area (TPSA) is 42.4 Å². The number of pyridine rings is 1. The molecule has 3 rings (SSSR count). The van der Waals surface area contributed by atoms with E-state index in [1.165, 1.54) is 0 Å². The third kappa shape index (κ3) is 1.63. The van der Waals surface area contributed by atoms with E-state index in [9.17, 15) is 0 Å². The van der Waals surface area contributed by atoms with Gasteiger partial charge in [0, 0.05) is 22.4 Å². The van der Waals surface area contributed by atoms with E-state index in [4.69, 9.17) is 9.68 Å². The lowest BCUT2D eigenvalue weighted by Crippen LogP contribution is -2.00. The molecule has 4 heteroatoms. The molecule has 0 radical (unpaired) electrons. The van der Waals surface area contributed by atoms with Crippen LogP contribution < -0.4 is 4.65 Å². The first-order valence-electron chi connectivity index (χ1n) is 5.40. The molecule has 2 aromatic carbocycles. The second-order valence-corrected chi connectivity index (χ2v) is 3.77. The Balaban J connectivity index is 2.45. The number of benzene rings is 2. The molecule has 1 heterocycles. The second-order valence-electron chi connectivity index (χ2n) is 3.77. The molecule has 3 nitrogen and oxygen atoms in total. The Morgan fingerprint density at radius 3 is 2.71 bits per heavy atom. The summed E-state index contributed by atoms with van der Waals surface area (Å²) in [5.74, 6) is 0.684. The van der Waals surface area contributed by atoms with Crippen molar-refractivity contribution in [3.05, 3.63) is 48.7 Å². The van der Waals surface area contributed by atoms with E-state index in [0.717, 1.165) is 21.7 Å². The quantitative estimate of drug-likeness (QED) is 0.533. The predicted molar refractivity (Wildman–Crippen MR) is 69.2 cm³/mol. The van der Waals surface area contributed by atoms with Crippen molar-refractivity contribution in [3.8, 4) is 5.75 Å². The fourth-order valence-electron chi connectivity index (χ4n) is 2.07. The highest BCUT2D eigenvalue weighted by molar-refractivity contribution is 6.19. The molecular formula is C13H10BNO2. The normalized spacial score (nSPS) is 10.6. The van der Waals surface area contributed by atoms with Crippen molar-refractivity contribution < 1.29 is 9.68 Å². The fraction of sp³-hybridized carbons (Fsp3) is 0. The minimum atomic E-state index is -0.324. The molecule has 82 valence electrons. The van der Waals surface area contributed by atoms with Crippen molar-refractivity contribution in [1.29, 1.82) is 0 Å². The van der Waals surface area contributed by atoms with Gasteiger partial charge < -0.3 is 9.68 Å². The monoisotopic (exact) mass is 223 g/mol. The van der Waals surface area contributed by atoms with Gasteiger partial charge in [0.15, 0.2) is 0 Å². The molecule has 17 heavy (non-hydrogen) atoms. The highest BCUT2D eigenvalue weighted by atomic mass is 16.5. The number of fused-ring (bicyclic) bond motifs is 3. The van der Waals surface area contributed by atoms with Crippen molar-refractivity contribution >= 4 is 29.4 Å². The average Bonchev–Trinajstić information content (AvgIpc) is 2.39. The number of nitrogens with zero attached hydrogens (tertiary/aromatic N) is 1. The van der Waals surface area contributed by atoms with Crippen LogP contribution in [0.15, 0.2) is 48.7 Å². The summed E-state index contributed by atoms with van der Waals surface area (Å²) in [5.41, 5.74) is 0.952. The van der Waals surface area contributed by atoms with Gasteiger partial charge in [-0.05, 0) is 12.1 Å². The first kappa shape index (κ1) is 10.1. The van der Waals surface area contributed by atoms with Crippen LogP contribution in [0, 0.1) is 0 Å². The maximum absolute atomic E-state index is 8.91. The highest BCUT2D eigenvalue weighted by Crippen LogP contribution is 2.31. The zero-order valence-electron chi connectivity index (χ0n) is 9.13. The van der Waals surface area contributed by atoms with Gasteiger partial charge in [0.05, 0.1) is 5.52 Å². The summed E-state index contributed by atoms with van der Waals surface area (Å²) in [6.07, 6.45) is 1.78. The number of hydrogen-bond donors (Lipinski definition) is 1. The zero-order chi connectivity index (χ0) is 11.7. The molecule has 3 aromatic rings. The van der Waals surface area contributed by atoms with Crippen LogP contribution in [-0.4, -0.2) is 17.7 Å². The molecule has 0 saturated carbocycles. The van der Waals surface area contributed by atoms with Crippen molar-refractivity contribution in [1.82, 2.24) is 4.98 Å². The summed E-state index contributed by atoms with van der Waals surface area (Å²) in [5, 5.41) is 11.9. The molecule has 0 aliphatic rings. The summed E-state index contributed by atoms with van der Waals surface area (Å²) >= 11 is 0. The number of rotatable bonds is 2. The smallest absolute Gasteiger partial charge is 0.504 e. The molecule has 0 bridgehead atoms. The van der Waals surface area contributed by atoms with E-state index >= 15 is 0 Å². The molecule has 1 aromatic heterocycles. The first-order valence-corrected chi connectivity index (χ1v) is 5.40. The molecule has 0 fully saturated rings. The third-order valence-corrected chi connectivity index (χ3v) is 2.79. The van der Waals surface area contributed by atoms with E-state index in [0.29, 0.717) is 5.75 Å². The molecule has 0 amide bonds. The standard InChI is InChI=1S/C13H10BNO2/c16-14-17-12-8-9-4-3-7-15-13(9)11-6-2-1-5-10(11)12/h1-8,14,16H. The van der Waals surface area contributed by atoms with Gasteiger partial charge in [-0.25, -0.2) is 0 Å². The Hall–Kier alpha value is -2.07. The predicted octanol–water partition coefficient (Wildman–Crippen LogP) is 2.03. The van der Waals surface area contributed by atoms with Crippen LogP contribution in [0.2, 0.25) is 0 Å². The Kier molecular flexibility index (Phi) is 2.42. The van der Waals surface area contributed by atoms with Crippen molar-refractivity contribution in [2.24, 2.45) is 0 Å². The van der Waals surface area contributed by atoms with Crippen LogP contribution >= 0.6 is 0 Å². The van der Waals surface area contributed by atoms with E-state index in [-0.39, 0.29) is 7.69 Å². The summed E-state index contributed by atoms with van der Waals surface area (Å²) < 4.78 is 5.26. The molecule has 0 atom stereocenters. The van der Waals surface area contributed by atoms with E-state index in [1.807, 2.05) is 42.5 Å². The molecule has 0 saturated heterocycles. The van der Waals surface area contributed by atoms with Crippen LogP contribution in [0.5, 0.6) is 5.75 Å². The Morgan fingerprint density at radius 2 is 1.88 bits per heavy atom. The lowest BCUT2D eigenvalue weighted by atomic mass is 10.0. The lowest BCUT2D eigenvalue weighted by Gasteiger charge is -2.09. The van der Waals surface area contributed by atoms with Gasteiger partial charge in [-0.1, -0.05) is 30.3 Å². The molecule has 0 aliphatic carbocycles. The van der Waals surface area contributed by atoms with Crippen molar-refractivity contribution in [2.75, 3.05) is 0 Å². The third-order valence-electron chi connectivity index (χ3n) is 2.79. The van der Waals surface area contributed by atoms with Gasteiger partial charge in [0.1, 0.15) is 5.75 Å². The highest BCUT2D eigenvalue weighted by Gasteiger charge is 2.07. The SMILES string of the molecule is OBOc1cc2cccnc2c2ccccc12. The Bertz CT molecular complexity index is 684. The van der Waals surface area contributed by atoms with Gasteiger partial charge in [-0.3, -0.25) is 4.98 Å². The van der Waals surface area contributed by atoms with Crippen molar-refractivity contribution in [2.45, 2.75) is 0 Å². The maximum Gasteiger partial charge on any atom is 0.504 e. The van der Waals surface area contributed by atoms with E-state index in [2.05, 4.69) is 4.98 Å². The zero-order valence-corrected chi connectivity index (χ0v) is 9.13. The van der Waals surface area contributed by atoms with Gasteiger partial charge >= 0.3 is 7.69 Å². The second kappa shape index (κ2) is 4.07. The minimum absolute atomic E-state index is 0.324. The van der Waals surface area contributed by atoms with Crippen LogP contribution in [0.4, 0.5) is 0 Å². The fourth-order valence-corrected chi connectivity index (χ4v) is 2.07. The van der Waals surface area contributed by atoms with Crippen LogP contribution in [0.1, 0.15) is 0 Å². The summed E-state index contributed by atoms with van der Waals surface area (Å²) in [7, 11) is -0.324. The Morgan fingerprint density at radius 1 is 1.06 bits per heavy atom. The molecule has 0 spiro atoms. The van der Waals surface area contributed by atoms with E-state index in [1.54, 1.807) is 6.20 Å². The summed E-state index contributed by atoms with van der Waals surface area (Å²) in [6.45, 7) is 0. The molecular weight excluding hydrogens is 213 g/mol. The summed E-state index contributed by atoms with van der Waals surface area (Å²) in [4.78, 5) is 4.39. The largest absolute Gasteiger partial charge is 0.538 e. The van der Waals surface area contributed by atoms with Crippen molar-refractivity contribution in [3.63, 3.8) is 0 Å². The maximum atomic E-state index is 8.91. The first-order chi connectivity index (χ1) is 8.40. The van der Waals surface area contributed by atoms with Crippen LogP contribution in [0.3, 0.4) is 0 Å².